The van der Waals surface area contributed by atoms with E-state index in [9.17, 15) is 4.79 Å². The average molecular weight is 258 g/mol. The molecule has 1 aromatic rings. The van der Waals surface area contributed by atoms with Gasteiger partial charge in [-0.15, -0.1) is 25.3 Å². The third-order valence-electron chi connectivity index (χ3n) is 1.87. The van der Waals surface area contributed by atoms with Crippen LogP contribution < -0.4 is 5.32 Å². The van der Waals surface area contributed by atoms with Crippen molar-refractivity contribution in [3.05, 3.63) is 0 Å². The summed E-state index contributed by atoms with van der Waals surface area (Å²) >= 11 is 7.94. The van der Waals surface area contributed by atoms with Crippen LogP contribution in [0.15, 0.2) is 10.3 Å². The Kier molecular flexibility index (Phi) is 5.54. The number of hydrogen-bond donors (Lipinski definition) is 3. The molecule has 0 atom stereocenters. The Hall–Kier alpha value is -0.820. The fourth-order valence-corrected chi connectivity index (χ4v) is 1.59. The van der Waals surface area contributed by atoms with E-state index >= 15 is 0 Å². The van der Waals surface area contributed by atoms with Gasteiger partial charge in [0.1, 0.15) is 0 Å². The van der Waals surface area contributed by atoms with E-state index in [1.165, 1.54) is 0 Å². The van der Waals surface area contributed by atoms with Gasteiger partial charge in [0.15, 0.2) is 10.3 Å². The molecule has 0 spiro atoms. The molecule has 0 bridgehead atoms. The topological polar surface area (TPSA) is 67.8 Å². The predicted molar refractivity (Wildman–Crippen MR) is 67.1 cm³/mol. The van der Waals surface area contributed by atoms with Crippen molar-refractivity contribution in [3.63, 3.8) is 0 Å². The largest absolute Gasteiger partial charge is 0.294 e. The van der Waals surface area contributed by atoms with E-state index in [-0.39, 0.29) is 22.2 Å². The highest BCUT2D eigenvalue weighted by Crippen LogP contribution is 2.08. The first kappa shape index (κ1) is 13.2. The van der Waals surface area contributed by atoms with Gasteiger partial charge < -0.3 is 0 Å². The van der Waals surface area contributed by atoms with Gasteiger partial charge >= 0.3 is 0 Å². The zero-order chi connectivity index (χ0) is 12.0. The van der Waals surface area contributed by atoms with Crippen LogP contribution in [0.3, 0.4) is 0 Å². The number of hydrogen-bond acceptors (Lipinski definition) is 6. The number of unbranched alkanes of at least 4 members (excludes halogenated alkanes) is 2. The van der Waals surface area contributed by atoms with E-state index in [0.717, 1.165) is 19.3 Å². The lowest BCUT2D eigenvalue weighted by atomic mass is 10.2. The molecule has 1 N–H and O–H groups in total. The molecule has 1 heterocycles. The zero-order valence-corrected chi connectivity index (χ0v) is 10.8. The van der Waals surface area contributed by atoms with Crippen molar-refractivity contribution in [2.24, 2.45) is 0 Å². The molecule has 88 valence electrons. The summed E-state index contributed by atoms with van der Waals surface area (Å²) in [7, 11) is 0. The smallest absolute Gasteiger partial charge is 0.234 e. The molecule has 0 saturated heterocycles. The van der Waals surface area contributed by atoms with Crippen LogP contribution in [-0.2, 0) is 4.79 Å². The number of rotatable bonds is 5. The van der Waals surface area contributed by atoms with Crippen LogP contribution in [0, 0.1) is 0 Å². The molecule has 0 aliphatic heterocycles. The summed E-state index contributed by atoms with van der Waals surface area (Å²) in [5.74, 6) is 0.103. The molecule has 0 aliphatic carbocycles. The summed E-state index contributed by atoms with van der Waals surface area (Å²) in [6.45, 7) is 2.09. The molecule has 7 heteroatoms. The van der Waals surface area contributed by atoms with Crippen LogP contribution in [0.25, 0.3) is 0 Å². The number of nitrogens with zero attached hydrogens (tertiary/aromatic N) is 3. The first-order valence-electron chi connectivity index (χ1n) is 5.05. The molecule has 0 aromatic carbocycles. The molecular formula is C9H14N4OS2. The molecular weight excluding hydrogens is 244 g/mol. The summed E-state index contributed by atoms with van der Waals surface area (Å²) in [6.07, 6.45) is 3.47. The van der Waals surface area contributed by atoms with Crippen LogP contribution in [0.1, 0.15) is 32.6 Å². The first-order valence-corrected chi connectivity index (χ1v) is 5.95. The minimum Gasteiger partial charge on any atom is -0.294 e. The van der Waals surface area contributed by atoms with Crippen LogP contribution in [0.5, 0.6) is 0 Å². The van der Waals surface area contributed by atoms with E-state index in [1.54, 1.807) is 0 Å². The third kappa shape index (κ3) is 4.80. The zero-order valence-electron chi connectivity index (χ0n) is 8.97. The van der Waals surface area contributed by atoms with Crippen LogP contribution in [0.2, 0.25) is 0 Å². The van der Waals surface area contributed by atoms with Gasteiger partial charge in [-0.1, -0.05) is 19.8 Å². The lowest BCUT2D eigenvalue weighted by Crippen LogP contribution is -2.14. The second kappa shape index (κ2) is 6.70. The maximum absolute atomic E-state index is 11.4. The van der Waals surface area contributed by atoms with E-state index in [4.69, 9.17) is 0 Å². The summed E-state index contributed by atoms with van der Waals surface area (Å²) in [5, 5.41) is 3.06. The molecule has 5 nitrogen and oxygen atoms in total. The molecule has 0 unspecified atom stereocenters. The maximum Gasteiger partial charge on any atom is 0.234 e. The second-order valence-electron chi connectivity index (χ2n) is 3.26. The van der Waals surface area contributed by atoms with Crippen molar-refractivity contribution >= 4 is 37.1 Å². The van der Waals surface area contributed by atoms with E-state index in [2.05, 4.69) is 52.5 Å². The Balaban J connectivity index is 2.49. The highest BCUT2D eigenvalue weighted by atomic mass is 32.1. The molecule has 1 aromatic heterocycles. The molecule has 16 heavy (non-hydrogen) atoms. The van der Waals surface area contributed by atoms with Crippen molar-refractivity contribution in [1.29, 1.82) is 0 Å². The van der Waals surface area contributed by atoms with Crippen LogP contribution >= 0.6 is 25.3 Å². The fraction of sp³-hybridized carbons (Fsp3) is 0.556. The highest BCUT2D eigenvalue weighted by Gasteiger charge is 2.06. The first-order chi connectivity index (χ1) is 7.61. The molecule has 0 fully saturated rings. The van der Waals surface area contributed by atoms with Gasteiger partial charge in [0, 0.05) is 6.42 Å². The third-order valence-corrected chi connectivity index (χ3v) is 2.27. The number of amides is 1. The lowest BCUT2D eigenvalue weighted by Gasteiger charge is -2.03. The van der Waals surface area contributed by atoms with Crippen molar-refractivity contribution in [2.45, 2.75) is 42.9 Å². The molecule has 1 amide bonds. The monoisotopic (exact) mass is 258 g/mol. The fourth-order valence-electron chi connectivity index (χ4n) is 1.13. The quantitative estimate of drug-likeness (QED) is 0.558. The number of carbonyl (C=O) groups excluding carboxylic acids is 1. The van der Waals surface area contributed by atoms with E-state index in [0.29, 0.717) is 6.42 Å². The van der Waals surface area contributed by atoms with Gasteiger partial charge in [-0.05, 0) is 6.42 Å². The molecule has 0 saturated carbocycles. The maximum atomic E-state index is 11.4. The Morgan fingerprint density at radius 3 is 2.38 bits per heavy atom. The van der Waals surface area contributed by atoms with E-state index in [1.807, 2.05) is 0 Å². The van der Waals surface area contributed by atoms with Gasteiger partial charge in [0.05, 0.1) is 0 Å². The van der Waals surface area contributed by atoms with Crippen molar-refractivity contribution in [3.8, 4) is 0 Å². The van der Waals surface area contributed by atoms with Gasteiger partial charge in [-0.3, -0.25) is 10.1 Å². The van der Waals surface area contributed by atoms with Gasteiger partial charge in [0.2, 0.25) is 11.9 Å². The number of aromatic nitrogens is 3. The summed E-state index contributed by atoms with van der Waals surface area (Å²) in [4.78, 5) is 22.9. The minimum absolute atomic E-state index is 0.0971. The lowest BCUT2D eigenvalue weighted by molar-refractivity contribution is -0.116. The second-order valence-corrected chi connectivity index (χ2v) is 4.06. The van der Waals surface area contributed by atoms with Gasteiger partial charge in [-0.2, -0.15) is 15.0 Å². The molecule has 0 aliphatic rings. The predicted octanol–water partition coefficient (Wildman–Crippen LogP) is 1.97. The van der Waals surface area contributed by atoms with E-state index < -0.39 is 0 Å². The Morgan fingerprint density at radius 1 is 1.19 bits per heavy atom. The SMILES string of the molecule is CCCCCC(=O)Nc1nc(S)nc(S)n1. The standard InChI is InChI=1S/C9H14N4OS2/c1-2-3-4-5-6(14)10-7-11-8(15)13-9(16)12-7/h2-5H2,1H3,(H3,10,11,12,13,14,15,16). The summed E-state index contributed by atoms with van der Waals surface area (Å²) in [5.41, 5.74) is 0. The Bertz CT molecular complexity index is 352. The average Bonchev–Trinajstić information content (AvgIpc) is 2.16. The van der Waals surface area contributed by atoms with Gasteiger partial charge in [0.25, 0.3) is 0 Å². The number of thiol groups is 2. The van der Waals surface area contributed by atoms with Crippen molar-refractivity contribution in [1.82, 2.24) is 15.0 Å². The summed E-state index contributed by atoms with van der Waals surface area (Å²) in [6, 6.07) is 0. The molecule has 1 rings (SSSR count). The van der Waals surface area contributed by atoms with Gasteiger partial charge in [-0.25, -0.2) is 0 Å². The number of carbonyl (C=O) groups is 1. The number of anilines is 1. The van der Waals surface area contributed by atoms with Crippen LogP contribution in [0.4, 0.5) is 5.95 Å². The van der Waals surface area contributed by atoms with Crippen molar-refractivity contribution in [2.75, 3.05) is 5.32 Å². The normalized spacial score (nSPS) is 10.2. The minimum atomic E-state index is -0.0971. The Labute approximate surface area is 105 Å². The molecule has 0 radical (unpaired) electrons. The van der Waals surface area contributed by atoms with Crippen molar-refractivity contribution < 1.29 is 4.79 Å². The highest BCUT2D eigenvalue weighted by molar-refractivity contribution is 7.80. The summed E-state index contributed by atoms with van der Waals surface area (Å²) < 4.78 is 0. The number of nitrogens with one attached hydrogen (secondary N) is 1. The Morgan fingerprint density at radius 2 is 1.81 bits per heavy atom. The van der Waals surface area contributed by atoms with Crippen LogP contribution in [-0.4, -0.2) is 20.9 Å².